The lowest BCUT2D eigenvalue weighted by molar-refractivity contribution is -0.385. The molecule has 1 saturated heterocycles. The Morgan fingerprint density at radius 1 is 1.48 bits per heavy atom. The maximum atomic E-state index is 11.3. The highest BCUT2D eigenvalue weighted by Crippen LogP contribution is 2.36. The van der Waals surface area contributed by atoms with E-state index in [4.69, 9.17) is 4.74 Å². The number of nitrogens with one attached hydrogen (secondary N) is 2. The standard InChI is InChI=1S/C14H19N3O4/c1-9(2)21-12-5-3-4-11(14(12)17(19)20)16-10-6-7-13(18)15-8-10/h3-5,9-10,16H,6-8H2,1-2H3,(H,15,18). The van der Waals surface area contributed by atoms with Crippen molar-refractivity contribution in [2.24, 2.45) is 0 Å². The van der Waals surface area contributed by atoms with E-state index in [0.29, 0.717) is 25.1 Å². The molecule has 7 heteroatoms. The number of anilines is 1. The third kappa shape index (κ3) is 3.84. The van der Waals surface area contributed by atoms with Gasteiger partial charge in [-0.3, -0.25) is 14.9 Å². The van der Waals surface area contributed by atoms with E-state index in [1.165, 1.54) is 0 Å². The number of hydrogen-bond donors (Lipinski definition) is 2. The lowest BCUT2D eigenvalue weighted by atomic mass is 10.1. The number of para-hydroxylation sites is 1. The largest absolute Gasteiger partial charge is 0.484 e. The summed E-state index contributed by atoms with van der Waals surface area (Å²) in [5, 5.41) is 17.2. The first-order valence-corrected chi connectivity index (χ1v) is 6.94. The average Bonchev–Trinajstić information content (AvgIpc) is 2.40. The van der Waals surface area contributed by atoms with Crippen LogP contribution in [0.3, 0.4) is 0 Å². The molecule has 1 aliphatic rings. The number of ether oxygens (including phenoxy) is 1. The fraction of sp³-hybridized carbons (Fsp3) is 0.500. The lowest BCUT2D eigenvalue weighted by Gasteiger charge is -2.24. The van der Waals surface area contributed by atoms with Crippen molar-refractivity contribution in [2.75, 3.05) is 11.9 Å². The van der Waals surface area contributed by atoms with Gasteiger partial charge in [-0.15, -0.1) is 0 Å². The zero-order valence-corrected chi connectivity index (χ0v) is 12.1. The van der Waals surface area contributed by atoms with Crippen molar-refractivity contribution < 1.29 is 14.5 Å². The second-order valence-electron chi connectivity index (χ2n) is 5.26. The molecule has 2 rings (SSSR count). The van der Waals surface area contributed by atoms with Crippen molar-refractivity contribution >= 4 is 17.3 Å². The lowest BCUT2D eigenvalue weighted by Crippen LogP contribution is -2.41. The van der Waals surface area contributed by atoms with Crippen molar-refractivity contribution in [1.82, 2.24) is 5.32 Å². The van der Waals surface area contributed by atoms with E-state index in [1.54, 1.807) is 18.2 Å². The molecule has 21 heavy (non-hydrogen) atoms. The first-order valence-electron chi connectivity index (χ1n) is 6.94. The van der Waals surface area contributed by atoms with Gasteiger partial charge < -0.3 is 15.4 Å². The number of nitro benzene ring substituents is 1. The highest BCUT2D eigenvalue weighted by atomic mass is 16.6. The van der Waals surface area contributed by atoms with Crippen molar-refractivity contribution in [2.45, 2.75) is 38.8 Å². The molecule has 1 atom stereocenters. The normalized spacial score (nSPS) is 18.2. The number of carbonyl (C=O) groups excluding carboxylic acids is 1. The summed E-state index contributed by atoms with van der Waals surface area (Å²) in [7, 11) is 0. The number of carbonyl (C=O) groups is 1. The molecule has 2 N–H and O–H groups in total. The molecule has 0 aliphatic carbocycles. The number of piperidine rings is 1. The van der Waals surface area contributed by atoms with Gasteiger partial charge in [0.2, 0.25) is 5.91 Å². The van der Waals surface area contributed by atoms with E-state index < -0.39 is 4.92 Å². The van der Waals surface area contributed by atoms with Gasteiger partial charge in [-0.25, -0.2) is 0 Å². The Hall–Kier alpha value is -2.31. The molecule has 1 aromatic carbocycles. The Balaban J connectivity index is 2.22. The van der Waals surface area contributed by atoms with Crippen LogP contribution in [0.1, 0.15) is 26.7 Å². The van der Waals surface area contributed by atoms with Gasteiger partial charge in [-0.05, 0) is 32.4 Å². The average molecular weight is 293 g/mol. The van der Waals surface area contributed by atoms with Crippen molar-refractivity contribution in [3.05, 3.63) is 28.3 Å². The van der Waals surface area contributed by atoms with E-state index in [1.807, 2.05) is 13.8 Å². The summed E-state index contributed by atoms with van der Waals surface area (Å²) in [5.41, 5.74) is 0.349. The van der Waals surface area contributed by atoms with Gasteiger partial charge >= 0.3 is 5.69 Å². The summed E-state index contributed by atoms with van der Waals surface area (Å²) in [4.78, 5) is 22.0. The molecule has 114 valence electrons. The molecule has 0 bridgehead atoms. The van der Waals surface area contributed by atoms with Gasteiger partial charge in [-0.1, -0.05) is 6.07 Å². The predicted molar refractivity (Wildman–Crippen MR) is 78.5 cm³/mol. The molecule has 1 amide bonds. The smallest absolute Gasteiger partial charge is 0.333 e. The zero-order valence-electron chi connectivity index (χ0n) is 12.1. The molecule has 1 aliphatic heterocycles. The fourth-order valence-corrected chi connectivity index (χ4v) is 2.25. The number of hydrogen-bond acceptors (Lipinski definition) is 5. The first-order chi connectivity index (χ1) is 9.97. The van der Waals surface area contributed by atoms with E-state index in [-0.39, 0.29) is 29.5 Å². The second-order valence-corrected chi connectivity index (χ2v) is 5.26. The maximum absolute atomic E-state index is 11.3. The second kappa shape index (κ2) is 6.43. The van der Waals surface area contributed by atoms with Crippen LogP contribution in [0.15, 0.2) is 18.2 Å². The van der Waals surface area contributed by atoms with Gasteiger partial charge in [0.25, 0.3) is 0 Å². The summed E-state index contributed by atoms with van der Waals surface area (Å²) < 4.78 is 5.50. The Kier molecular flexibility index (Phi) is 4.62. The van der Waals surface area contributed by atoms with Crippen molar-refractivity contribution in [3.63, 3.8) is 0 Å². The predicted octanol–water partition coefficient (Wildman–Crippen LogP) is 2.07. The maximum Gasteiger partial charge on any atom is 0.333 e. The van der Waals surface area contributed by atoms with Gasteiger partial charge in [0.05, 0.1) is 11.0 Å². The summed E-state index contributed by atoms with van der Waals surface area (Å²) in [5.74, 6) is 0.263. The van der Waals surface area contributed by atoms with E-state index in [2.05, 4.69) is 10.6 Å². The third-order valence-electron chi connectivity index (χ3n) is 3.17. The Morgan fingerprint density at radius 2 is 2.24 bits per heavy atom. The molecule has 1 heterocycles. The molecule has 0 radical (unpaired) electrons. The highest BCUT2D eigenvalue weighted by molar-refractivity contribution is 5.77. The van der Waals surface area contributed by atoms with Crippen molar-refractivity contribution in [3.8, 4) is 5.75 Å². The van der Waals surface area contributed by atoms with E-state index >= 15 is 0 Å². The van der Waals surface area contributed by atoms with Gasteiger partial charge in [0.1, 0.15) is 5.69 Å². The van der Waals surface area contributed by atoms with Gasteiger partial charge in [0.15, 0.2) is 5.75 Å². The molecule has 0 spiro atoms. The number of benzene rings is 1. The fourth-order valence-electron chi connectivity index (χ4n) is 2.25. The number of rotatable bonds is 5. The first kappa shape index (κ1) is 15.1. The summed E-state index contributed by atoms with van der Waals surface area (Å²) in [6.45, 7) is 4.10. The van der Waals surface area contributed by atoms with Crippen molar-refractivity contribution in [1.29, 1.82) is 0 Å². The molecule has 1 aromatic rings. The van der Waals surface area contributed by atoms with Crippen LogP contribution in [0, 0.1) is 10.1 Å². The summed E-state index contributed by atoms with van der Waals surface area (Å²) >= 11 is 0. The minimum absolute atomic E-state index is 0.0134. The van der Waals surface area contributed by atoms with Crippen LogP contribution in [-0.2, 0) is 4.79 Å². The number of nitrogens with zero attached hydrogens (tertiary/aromatic N) is 1. The van der Waals surface area contributed by atoms with Gasteiger partial charge in [0, 0.05) is 19.0 Å². The van der Waals surface area contributed by atoms with Crippen LogP contribution in [0.25, 0.3) is 0 Å². The van der Waals surface area contributed by atoms with E-state index in [9.17, 15) is 14.9 Å². The SMILES string of the molecule is CC(C)Oc1cccc(NC2CCC(=O)NC2)c1[N+](=O)[O-]. The number of nitro groups is 1. The minimum atomic E-state index is -0.443. The quantitative estimate of drug-likeness (QED) is 0.640. The molecule has 1 unspecified atom stereocenters. The van der Waals surface area contributed by atoms with Gasteiger partial charge in [-0.2, -0.15) is 0 Å². The topological polar surface area (TPSA) is 93.5 Å². The van der Waals surface area contributed by atoms with Crippen LogP contribution < -0.4 is 15.4 Å². The highest BCUT2D eigenvalue weighted by Gasteiger charge is 2.25. The third-order valence-corrected chi connectivity index (χ3v) is 3.17. The summed E-state index contributed by atoms with van der Waals surface area (Å²) in [6.07, 6.45) is 0.930. The monoisotopic (exact) mass is 293 g/mol. The zero-order chi connectivity index (χ0) is 15.4. The molecule has 0 aromatic heterocycles. The van der Waals surface area contributed by atoms with Crippen LogP contribution in [0.5, 0.6) is 5.75 Å². The Labute approximate surface area is 122 Å². The summed E-state index contributed by atoms with van der Waals surface area (Å²) in [6, 6.07) is 4.94. The minimum Gasteiger partial charge on any atom is -0.484 e. The van der Waals surface area contributed by atoms with E-state index in [0.717, 1.165) is 0 Å². The Bertz CT molecular complexity index is 535. The number of amides is 1. The Morgan fingerprint density at radius 3 is 2.81 bits per heavy atom. The molecular weight excluding hydrogens is 274 g/mol. The molecule has 7 nitrogen and oxygen atoms in total. The van der Waals surface area contributed by atoms with Crippen LogP contribution in [0.4, 0.5) is 11.4 Å². The van der Waals surface area contributed by atoms with Crippen LogP contribution in [-0.4, -0.2) is 29.5 Å². The van der Waals surface area contributed by atoms with Crippen LogP contribution >= 0.6 is 0 Å². The molecule has 0 saturated carbocycles. The van der Waals surface area contributed by atoms with Crippen LogP contribution in [0.2, 0.25) is 0 Å². The molecular formula is C14H19N3O4. The molecule has 1 fully saturated rings.